The summed E-state index contributed by atoms with van der Waals surface area (Å²) in [5.41, 5.74) is 8.43. The van der Waals surface area contributed by atoms with E-state index in [4.69, 9.17) is 4.98 Å². The standard InChI is InChI=1S/C37H54N6.C2H6/c1-6-32(26-33(29(2)3)25-30(4)31(5)39-16-13-23-42-19-9-7-10-20-42)36-27-37(34-28-38-18-15-35(34)41-36)40-17-14-24-43-21-11-8-12-22-43;1-2/h6,15,18,25-28,39H,1,5,7-14,16-17,19-24H2,2-4H3,(H,40,41);1-2H3/b30-25+,32-26+;. The number of anilines is 1. The molecule has 4 rings (SSSR count). The molecule has 2 aliphatic rings. The van der Waals surface area contributed by atoms with E-state index in [1.54, 1.807) is 0 Å². The van der Waals surface area contributed by atoms with Crippen molar-refractivity contribution in [2.45, 2.75) is 86.0 Å². The molecule has 0 saturated carbocycles. The molecule has 2 aromatic rings. The van der Waals surface area contributed by atoms with Crippen LogP contribution in [0.5, 0.6) is 0 Å². The van der Waals surface area contributed by atoms with Gasteiger partial charge in [-0.1, -0.05) is 57.6 Å². The van der Waals surface area contributed by atoms with Crippen LogP contribution < -0.4 is 10.6 Å². The number of allylic oxidation sites excluding steroid dienone is 7. The number of piperidine rings is 2. The Morgan fingerprint density at radius 3 is 2.11 bits per heavy atom. The summed E-state index contributed by atoms with van der Waals surface area (Å²) in [5, 5.41) is 8.31. The minimum atomic E-state index is 0.909. The van der Waals surface area contributed by atoms with Gasteiger partial charge >= 0.3 is 0 Å². The molecule has 6 heteroatoms. The number of pyridine rings is 2. The summed E-state index contributed by atoms with van der Waals surface area (Å²) < 4.78 is 0. The van der Waals surface area contributed by atoms with E-state index in [1.807, 2.05) is 38.4 Å². The van der Waals surface area contributed by atoms with Gasteiger partial charge in [0.05, 0.1) is 11.2 Å². The van der Waals surface area contributed by atoms with Crippen LogP contribution in [0.4, 0.5) is 5.69 Å². The Bertz CT molecular complexity index is 1300. The van der Waals surface area contributed by atoms with Crippen molar-refractivity contribution < 1.29 is 0 Å². The van der Waals surface area contributed by atoms with Gasteiger partial charge in [-0.25, -0.2) is 4.98 Å². The predicted molar refractivity (Wildman–Crippen MR) is 197 cm³/mol. The zero-order valence-corrected chi connectivity index (χ0v) is 29.1. The van der Waals surface area contributed by atoms with Crippen molar-refractivity contribution in [2.75, 3.05) is 57.7 Å². The molecular weight excluding hydrogens is 552 g/mol. The third-order valence-electron chi connectivity index (χ3n) is 8.72. The molecule has 0 unspecified atom stereocenters. The van der Waals surface area contributed by atoms with E-state index in [0.717, 1.165) is 83.7 Å². The third kappa shape index (κ3) is 11.9. The van der Waals surface area contributed by atoms with Gasteiger partial charge in [0.2, 0.25) is 0 Å². The van der Waals surface area contributed by atoms with Crippen molar-refractivity contribution in [2.24, 2.45) is 0 Å². The van der Waals surface area contributed by atoms with Crippen LogP contribution in [0.2, 0.25) is 0 Å². The first-order valence-electron chi connectivity index (χ1n) is 17.5. The Morgan fingerprint density at radius 1 is 0.889 bits per heavy atom. The highest BCUT2D eigenvalue weighted by Gasteiger charge is 2.12. The topological polar surface area (TPSA) is 56.3 Å². The number of nitrogens with zero attached hydrogens (tertiary/aromatic N) is 4. The zero-order valence-electron chi connectivity index (χ0n) is 29.1. The fraction of sp³-hybridized carbons (Fsp3) is 0.538. The summed E-state index contributed by atoms with van der Waals surface area (Å²) in [6.45, 7) is 28.1. The maximum atomic E-state index is 5.02. The summed E-state index contributed by atoms with van der Waals surface area (Å²) in [6.07, 6.45) is 20.4. The molecule has 0 amide bonds. The third-order valence-corrected chi connectivity index (χ3v) is 8.72. The second-order valence-electron chi connectivity index (χ2n) is 12.4. The largest absolute Gasteiger partial charge is 0.385 e. The smallest absolute Gasteiger partial charge is 0.0761 e. The van der Waals surface area contributed by atoms with Crippen LogP contribution in [0, 0.1) is 0 Å². The van der Waals surface area contributed by atoms with Crippen LogP contribution in [0.3, 0.4) is 0 Å². The average Bonchev–Trinajstić information content (AvgIpc) is 3.08. The van der Waals surface area contributed by atoms with Crippen molar-refractivity contribution in [3.8, 4) is 0 Å². The van der Waals surface area contributed by atoms with Gasteiger partial charge in [0.15, 0.2) is 0 Å². The first kappa shape index (κ1) is 36.3. The Balaban J connectivity index is 0.00000271. The SMILES string of the molecule is C=C/C(=C\C(/C=C(\C)C(=C)NCCCN1CCCCC1)=C(C)C)c1cc(NCCCN2CCCCC2)c2cnccc2n1.CC. The molecular formula is C39H60N6. The van der Waals surface area contributed by atoms with Crippen LogP contribution in [0.25, 0.3) is 16.5 Å². The Morgan fingerprint density at radius 2 is 1.51 bits per heavy atom. The van der Waals surface area contributed by atoms with Gasteiger partial charge in [0.1, 0.15) is 0 Å². The first-order chi connectivity index (χ1) is 21.9. The predicted octanol–water partition coefficient (Wildman–Crippen LogP) is 8.78. The van der Waals surface area contributed by atoms with E-state index in [2.05, 4.69) is 77.6 Å². The molecule has 2 aromatic heterocycles. The van der Waals surface area contributed by atoms with Gasteiger partial charge in [-0.15, -0.1) is 0 Å². The van der Waals surface area contributed by atoms with E-state index >= 15 is 0 Å². The number of aromatic nitrogens is 2. The van der Waals surface area contributed by atoms with E-state index in [-0.39, 0.29) is 0 Å². The molecule has 0 radical (unpaired) electrons. The van der Waals surface area contributed by atoms with Crippen LogP contribution >= 0.6 is 0 Å². The molecule has 2 N–H and O–H groups in total. The normalized spacial score (nSPS) is 16.5. The van der Waals surface area contributed by atoms with Crippen LogP contribution in [-0.4, -0.2) is 72.1 Å². The van der Waals surface area contributed by atoms with E-state index in [9.17, 15) is 0 Å². The summed E-state index contributed by atoms with van der Waals surface area (Å²) in [7, 11) is 0. The summed E-state index contributed by atoms with van der Waals surface area (Å²) in [6, 6.07) is 4.14. The van der Waals surface area contributed by atoms with E-state index in [0.29, 0.717) is 0 Å². The molecule has 45 heavy (non-hydrogen) atoms. The maximum Gasteiger partial charge on any atom is 0.0761 e. The molecule has 0 atom stereocenters. The zero-order chi connectivity index (χ0) is 32.4. The quantitative estimate of drug-likeness (QED) is 0.155. The molecule has 0 bridgehead atoms. The minimum Gasteiger partial charge on any atom is -0.385 e. The number of rotatable bonds is 15. The number of hydrogen-bond acceptors (Lipinski definition) is 6. The lowest BCUT2D eigenvalue weighted by atomic mass is 10.0. The number of likely N-dealkylation sites (tertiary alicyclic amines) is 2. The molecule has 2 aliphatic heterocycles. The van der Waals surface area contributed by atoms with Crippen molar-refractivity contribution >= 4 is 22.2 Å². The van der Waals surface area contributed by atoms with E-state index in [1.165, 1.54) is 70.3 Å². The lowest BCUT2D eigenvalue weighted by molar-refractivity contribution is 0.226. The van der Waals surface area contributed by atoms with Crippen molar-refractivity contribution in [1.29, 1.82) is 0 Å². The van der Waals surface area contributed by atoms with Crippen LogP contribution in [0.15, 0.2) is 78.3 Å². The average molecular weight is 613 g/mol. The number of nitrogens with one attached hydrogen (secondary N) is 2. The number of hydrogen-bond donors (Lipinski definition) is 2. The molecule has 4 heterocycles. The minimum absolute atomic E-state index is 0.909. The van der Waals surface area contributed by atoms with Crippen molar-refractivity contribution in [3.63, 3.8) is 0 Å². The molecule has 0 aromatic carbocycles. The molecule has 2 fully saturated rings. The molecule has 2 saturated heterocycles. The fourth-order valence-corrected chi connectivity index (χ4v) is 5.99. The van der Waals surface area contributed by atoms with Gasteiger partial charge in [0, 0.05) is 47.8 Å². The first-order valence-corrected chi connectivity index (χ1v) is 17.5. The van der Waals surface area contributed by atoms with E-state index < -0.39 is 0 Å². The second-order valence-corrected chi connectivity index (χ2v) is 12.4. The highest BCUT2D eigenvalue weighted by Crippen LogP contribution is 2.28. The van der Waals surface area contributed by atoms with Crippen LogP contribution in [-0.2, 0) is 0 Å². The lowest BCUT2D eigenvalue weighted by Gasteiger charge is -2.26. The van der Waals surface area contributed by atoms with Gasteiger partial charge in [-0.05, 0) is 128 Å². The van der Waals surface area contributed by atoms with Gasteiger partial charge in [-0.3, -0.25) is 4.98 Å². The van der Waals surface area contributed by atoms with Gasteiger partial charge in [0.25, 0.3) is 0 Å². The van der Waals surface area contributed by atoms with Crippen molar-refractivity contribution in [3.05, 3.63) is 84.0 Å². The summed E-state index contributed by atoms with van der Waals surface area (Å²) in [5.74, 6) is 0. The Kier molecular flexibility index (Phi) is 16.1. The summed E-state index contributed by atoms with van der Waals surface area (Å²) in [4.78, 5) is 14.6. The molecule has 0 aliphatic carbocycles. The fourth-order valence-electron chi connectivity index (χ4n) is 5.99. The van der Waals surface area contributed by atoms with Crippen LogP contribution in [0.1, 0.15) is 91.7 Å². The number of fused-ring (bicyclic) bond motifs is 1. The molecule has 246 valence electrons. The Labute approximate surface area is 274 Å². The van der Waals surface area contributed by atoms with Gasteiger partial charge in [-0.2, -0.15) is 0 Å². The molecule has 6 nitrogen and oxygen atoms in total. The Hall–Kier alpha value is -3.22. The van der Waals surface area contributed by atoms with Gasteiger partial charge < -0.3 is 20.4 Å². The highest BCUT2D eigenvalue weighted by atomic mass is 15.1. The second kappa shape index (κ2) is 20.0. The van der Waals surface area contributed by atoms with Crippen molar-refractivity contribution in [1.82, 2.24) is 25.1 Å². The highest BCUT2D eigenvalue weighted by molar-refractivity contribution is 5.93. The molecule has 0 spiro atoms. The summed E-state index contributed by atoms with van der Waals surface area (Å²) >= 11 is 0. The monoisotopic (exact) mass is 612 g/mol. The lowest BCUT2D eigenvalue weighted by Crippen LogP contribution is -2.32. The maximum absolute atomic E-state index is 5.02.